The van der Waals surface area contributed by atoms with Crippen LogP contribution in [0.1, 0.15) is 41.3 Å². The third kappa shape index (κ3) is 4.89. The Balaban J connectivity index is 2.30. The lowest BCUT2D eigenvalue weighted by Gasteiger charge is -2.17. The highest BCUT2D eigenvalue weighted by Gasteiger charge is 2.27. The molecule has 2 aromatic carbocycles. The number of rotatable bonds is 7. The molecule has 1 atom stereocenters. The summed E-state index contributed by atoms with van der Waals surface area (Å²) < 4.78 is 26.4. The molecule has 0 fully saturated rings. The summed E-state index contributed by atoms with van der Waals surface area (Å²) in [7, 11) is 0. The second kappa shape index (κ2) is 10.3. The predicted molar refractivity (Wildman–Crippen MR) is 120 cm³/mol. The van der Waals surface area contributed by atoms with Crippen molar-refractivity contribution in [1.82, 2.24) is 4.57 Å². The van der Waals surface area contributed by atoms with E-state index < -0.39 is 29.1 Å². The minimum absolute atomic E-state index is 0.0202. The summed E-state index contributed by atoms with van der Waals surface area (Å²) >= 11 is 6.28. The summed E-state index contributed by atoms with van der Waals surface area (Å²) in [4.78, 5) is 37.6. The van der Waals surface area contributed by atoms with Crippen LogP contribution in [0.2, 0.25) is 5.02 Å². The maximum absolute atomic E-state index is 15.0. The van der Waals surface area contributed by atoms with E-state index in [1.54, 1.807) is 44.2 Å². The molecule has 7 nitrogen and oxygen atoms in total. The number of carbonyl (C=O) groups is 2. The van der Waals surface area contributed by atoms with Gasteiger partial charge < -0.3 is 14.0 Å². The van der Waals surface area contributed by atoms with E-state index in [0.717, 1.165) is 6.07 Å². The van der Waals surface area contributed by atoms with Crippen LogP contribution in [0, 0.1) is 17.1 Å². The van der Waals surface area contributed by atoms with Gasteiger partial charge in [0, 0.05) is 28.7 Å². The zero-order valence-corrected chi connectivity index (χ0v) is 18.7. The lowest BCUT2D eigenvalue weighted by molar-refractivity contribution is -0.143. The fraction of sp³-hybridized carbons (Fsp3) is 0.250. The van der Waals surface area contributed by atoms with Gasteiger partial charge in [0.05, 0.1) is 24.8 Å². The fourth-order valence-electron chi connectivity index (χ4n) is 3.42. The van der Waals surface area contributed by atoms with Crippen molar-refractivity contribution in [2.75, 3.05) is 13.2 Å². The van der Waals surface area contributed by atoms with Gasteiger partial charge in [-0.15, -0.1) is 0 Å². The molecule has 1 heterocycles. The number of fused-ring (bicyclic) bond motifs is 1. The van der Waals surface area contributed by atoms with E-state index in [1.165, 1.54) is 16.8 Å². The molecule has 0 radical (unpaired) electrons. The Morgan fingerprint density at radius 2 is 1.88 bits per heavy atom. The Morgan fingerprint density at radius 1 is 1.18 bits per heavy atom. The number of benzene rings is 2. The van der Waals surface area contributed by atoms with Gasteiger partial charge in [-0.05, 0) is 37.6 Å². The van der Waals surface area contributed by atoms with Crippen molar-refractivity contribution >= 4 is 34.4 Å². The van der Waals surface area contributed by atoms with Gasteiger partial charge in [-0.1, -0.05) is 29.8 Å². The lowest BCUT2D eigenvalue weighted by atomic mass is 9.97. The summed E-state index contributed by atoms with van der Waals surface area (Å²) in [6.07, 6.45) is 1.30. The van der Waals surface area contributed by atoms with Crippen molar-refractivity contribution in [2.45, 2.75) is 26.3 Å². The first-order chi connectivity index (χ1) is 15.8. The zero-order valence-electron chi connectivity index (χ0n) is 17.9. The van der Waals surface area contributed by atoms with Crippen LogP contribution >= 0.6 is 11.6 Å². The Hall–Kier alpha value is -3.70. The number of carbonyl (C=O) groups excluding carboxylic acids is 2. The number of pyridine rings is 1. The van der Waals surface area contributed by atoms with Crippen molar-refractivity contribution in [1.29, 1.82) is 5.26 Å². The molecule has 0 N–H and O–H groups in total. The number of halogens is 2. The fourth-order valence-corrected chi connectivity index (χ4v) is 3.61. The summed E-state index contributed by atoms with van der Waals surface area (Å²) in [6.45, 7) is 3.38. The second-order valence-electron chi connectivity index (χ2n) is 7.02. The van der Waals surface area contributed by atoms with E-state index in [4.69, 9.17) is 21.1 Å². The van der Waals surface area contributed by atoms with Crippen molar-refractivity contribution in [2.24, 2.45) is 0 Å². The Labute approximate surface area is 193 Å². The molecule has 33 heavy (non-hydrogen) atoms. The molecule has 3 rings (SSSR count). The van der Waals surface area contributed by atoms with Crippen LogP contribution in [0.3, 0.4) is 0 Å². The van der Waals surface area contributed by atoms with Gasteiger partial charge in [-0.25, -0.2) is 9.18 Å². The van der Waals surface area contributed by atoms with Crippen LogP contribution in [-0.4, -0.2) is 29.7 Å². The number of esters is 2. The Kier molecular flexibility index (Phi) is 7.46. The molecule has 0 saturated heterocycles. The smallest absolute Gasteiger partial charge is 0.343 e. The van der Waals surface area contributed by atoms with Crippen LogP contribution in [0.15, 0.2) is 47.4 Å². The van der Waals surface area contributed by atoms with Gasteiger partial charge in [0.15, 0.2) is 5.92 Å². The second-order valence-corrected chi connectivity index (χ2v) is 7.42. The van der Waals surface area contributed by atoms with Crippen molar-refractivity contribution in [3.05, 3.63) is 80.3 Å². The molecule has 1 aromatic heterocycles. The topological polar surface area (TPSA) is 98.4 Å². The zero-order chi connectivity index (χ0) is 24.1. The molecule has 0 saturated carbocycles. The number of hydrogen-bond acceptors (Lipinski definition) is 6. The normalized spacial score (nSPS) is 11.6. The monoisotopic (exact) mass is 470 g/mol. The predicted octanol–water partition coefficient (Wildman–Crippen LogP) is 4.19. The molecule has 0 bridgehead atoms. The van der Waals surface area contributed by atoms with E-state index in [2.05, 4.69) is 0 Å². The van der Waals surface area contributed by atoms with Gasteiger partial charge in [-0.2, -0.15) is 5.26 Å². The first kappa shape index (κ1) is 24.0. The van der Waals surface area contributed by atoms with Gasteiger partial charge in [0.1, 0.15) is 11.4 Å². The molecule has 3 aromatic rings. The quantitative estimate of drug-likeness (QED) is 0.480. The maximum Gasteiger partial charge on any atom is 0.343 e. The standard InChI is InChI=1S/C24H20ClFN2O5/c1-3-32-23(30)17(11-27)15-10-21-16(9-20(15)26)22(29)18(24(31)33-4-2)13-28(21)12-14-7-5-6-8-19(14)25/h5-10,13,17H,3-4,12H2,1-2H3. The van der Waals surface area contributed by atoms with Crippen molar-refractivity contribution in [3.8, 4) is 6.07 Å². The molecule has 0 aliphatic heterocycles. The van der Waals surface area contributed by atoms with E-state index in [9.17, 15) is 24.0 Å². The molecule has 9 heteroatoms. The summed E-state index contributed by atoms with van der Waals surface area (Å²) in [5, 5.41) is 9.83. The summed E-state index contributed by atoms with van der Waals surface area (Å²) in [5.41, 5.74) is -0.347. The molecule has 0 spiro atoms. The maximum atomic E-state index is 15.0. The Bertz CT molecular complexity index is 1330. The lowest BCUT2D eigenvalue weighted by Crippen LogP contribution is -2.22. The average molecular weight is 471 g/mol. The number of nitrogens with zero attached hydrogens (tertiary/aromatic N) is 2. The average Bonchev–Trinajstić information content (AvgIpc) is 2.78. The summed E-state index contributed by atoms with van der Waals surface area (Å²) in [5.74, 6) is -4.21. The van der Waals surface area contributed by atoms with Crippen LogP contribution in [0.5, 0.6) is 0 Å². The molecule has 0 amide bonds. The Morgan fingerprint density at radius 3 is 2.52 bits per heavy atom. The number of hydrogen-bond donors (Lipinski definition) is 0. The molecule has 0 aliphatic rings. The highest BCUT2D eigenvalue weighted by molar-refractivity contribution is 6.31. The van der Waals surface area contributed by atoms with E-state index >= 15 is 0 Å². The SMILES string of the molecule is CCOC(=O)c1cn(Cc2ccccc2Cl)c2cc(C(C#N)C(=O)OCC)c(F)cc2c1=O. The van der Waals surface area contributed by atoms with Gasteiger partial charge in [0.25, 0.3) is 0 Å². The number of ether oxygens (including phenoxy) is 2. The molecular weight excluding hydrogens is 451 g/mol. The highest BCUT2D eigenvalue weighted by Crippen LogP contribution is 2.27. The molecule has 170 valence electrons. The highest BCUT2D eigenvalue weighted by atomic mass is 35.5. The van der Waals surface area contributed by atoms with Crippen LogP contribution in [-0.2, 0) is 20.8 Å². The van der Waals surface area contributed by atoms with E-state index in [1.807, 2.05) is 0 Å². The van der Waals surface area contributed by atoms with Crippen LogP contribution in [0.4, 0.5) is 4.39 Å². The molecular formula is C24H20ClFN2O5. The number of aromatic nitrogens is 1. The van der Waals surface area contributed by atoms with Crippen LogP contribution < -0.4 is 5.43 Å². The first-order valence-electron chi connectivity index (χ1n) is 10.2. The van der Waals surface area contributed by atoms with Gasteiger partial charge in [-0.3, -0.25) is 9.59 Å². The number of nitriles is 1. The van der Waals surface area contributed by atoms with Crippen molar-refractivity contribution < 1.29 is 23.5 Å². The van der Waals surface area contributed by atoms with Crippen LogP contribution in [0.25, 0.3) is 10.9 Å². The molecule has 0 aliphatic carbocycles. The minimum Gasteiger partial charge on any atom is -0.465 e. The summed E-state index contributed by atoms with van der Waals surface area (Å²) in [6, 6.07) is 10.9. The van der Waals surface area contributed by atoms with E-state index in [-0.39, 0.29) is 41.8 Å². The minimum atomic E-state index is -1.53. The van der Waals surface area contributed by atoms with Crippen molar-refractivity contribution in [3.63, 3.8) is 0 Å². The third-order valence-corrected chi connectivity index (χ3v) is 5.32. The third-order valence-electron chi connectivity index (χ3n) is 4.95. The van der Waals surface area contributed by atoms with E-state index in [0.29, 0.717) is 10.6 Å². The van der Waals surface area contributed by atoms with Gasteiger partial charge in [0.2, 0.25) is 5.43 Å². The molecule has 1 unspecified atom stereocenters. The first-order valence-corrected chi connectivity index (χ1v) is 10.5. The largest absolute Gasteiger partial charge is 0.465 e. The van der Waals surface area contributed by atoms with Gasteiger partial charge >= 0.3 is 11.9 Å².